The van der Waals surface area contributed by atoms with Gasteiger partial charge in [-0.05, 0) is 173 Å². The molecule has 7 unspecified atom stereocenters. The van der Waals surface area contributed by atoms with Crippen LogP contribution in [0.3, 0.4) is 0 Å². The number of carbonyl (C=O) groups is 9. The summed E-state index contributed by atoms with van der Waals surface area (Å²) in [6.45, 7) is 41.6. The Morgan fingerprint density at radius 3 is 0.640 bits per heavy atom. The van der Waals surface area contributed by atoms with Crippen LogP contribution in [0.4, 0.5) is 43.2 Å². The van der Waals surface area contributed by atoms with Crippen molar-refractivity contribution in [1.29, 1.82) is 0 Å². The second-order valence-electron chi connectivity index (χ2n) is 24.2. The van der Waals surface area contributed by atoms with E-state index in [4.69, 9.17) is 99.6 Å². The van der Waals surface area contributed by atoms with Gasteiger partial charge in [0.1, 0.15) is 110 Å². The summed E-state index contributed by atoms with van der Waals surface area (Å²) in [5.41, 5.74) is -4.07. The molecule has 7 atom stereocenters. The molecule has 0 aromatic rings. The molecule has 1 rings (SSSR count). The molecular formula is C56H100O30. The Hall–Kier alpha value is -7.23. The monoisotopic (exact) mass is 1250 g/mol. The first-order chi connectivity index (χ1) is 38.3. The van der Waals surface area contributed by atoms with E-state index < -0.39 is 126 Å². The second kappa shape index (κ2) is 42.6. The summed E-state index contributed by atoms with van der Waals surface area (Å²) in [7, 11) is 0. The highest BCUT2D eigenvalue weighted by Crippen LogP contribution is 2.15. The topological polar surface area (TPSA) is 366 Å². The molecule has 1 saturated heterocycles. The minimum absolute atomic E-state index is 0. The first-order valence-electron chi connectivity index (χ1n) is 26.7. The van der Waals surface area contributed by atoms with E-state index in [1.807, 2.05) is 0 Å². The number of hydrogen-bond donors (Lipinski definition) is 0. The number of epoxide rings is 1. The average Bonchev–Trinajstić information content (AvgIpc) is 4.07. The molecule has 504 valence electrons. The van der Waals surface area contributed by atoms with Crippen LogP contribution in [0.2, 0.25) is 0 Å². The average molecular weight is 1250 g/mol. The summed E-state index contributed by atoms with van der Waals surface area (Å²) >= 11 is 0. The van der Waals surface area contributed by atoms with Gasteiger partial charge in [-0.1, -0.05) is 7.43 Å². The van der Waals surface area contributed by atoms with Gasteiger partial charge < -0.3 is 90.0 Å². The maximum atomic E-state index is 11.6. The van der Waals surface area contributed by atoms with E-state index in [-0.39, 0.29) is 53.2 Å². The van der Waals surface area contributed by atoms with Gasteiger partial charge >= 0.3 is 61.5 Å². The lowest BCUT2D eigenvalue weighted by atomic mass is 10.2. The molecule has 0 aromatic heterocycles. The summed E-state index contributed by atoms with van der Waals surface area (Å²) in [6.07, 6.45) is -11.6. The molecule has 0 saturated carbocycles. The fraction of sp³-hybridized carbons (Fsp3) is 0.821. The smallest absolute Gasteiger partial charge is 0.430 e. The molecule has 86 heavy (non-hydrogen) atoms. The van der Waals surface area contributed by atoms with Gasteiger partial charge in [-0.3, -0.25) is 0 Å². The normalized spacial score (nSPS) is 14.5. The van der Waals surface area contributed by atoms with Gasteiger partial charge in [0, 0.05) is 0 Å². The number of carbonyl (C=O) groups excluding carboxylic acids is 11. The lowest BCUT2D eigenvalue weighted by Crippen LogP contribution is -2.30. The molecule has 0 spiro atoms. The summed E-state index contributed by atoms with van der Waals surface area (Å²) in [5, 5.41) is 0. The fourth-order valence-electron chi connectivity index (χ4n) is 4.16. The van der Waals surface area contributed by atoms with Gasteiger partial charge in [-0.2, -0.15) is 9.59 Å². The summed E-state index contributed by atoms with van der Waals surface area (Å²) in [5.74, 6) is 0. The van der Waals surface area contributed by atoms with Crippen LogP contribution in [0.1, 0.15) is 181 Å². The van der Waals surface area contributed by atoms with Crippen LogP contribution in [0.15, 0.2) is 0 Å². The number of rotatable bonds is 18. The van der Waals surface area contributed by atoms with Crippen LogP contribution in [0.25, 0.3) is 0 Å². The molecule has 1 heterocycles. The van der Waals surface area contributed by atoms with Crippen LogP contribution < -0.4 is 0 Å². The van der Waals surface area contributed by atoms with Gasteiger partial charge in [-0.25, -0.2) is 43.2 Å². The zero-order chi connectivity index (χ0) is 67.3. The van der Waals surface area contributed by atoms with Crippen LogP contribution in [-0.2, 0) is 99.6 Å². The van der Waals surface area contributed by atoms with E-state index in [0.717, 1.165) is 6.61 Å². The predicted molar refractivity (Wildman–Crippen MR) is 300 cm³/mol. The lowest BCUT2D eigenvalue weighted by molar-refractivity contribution is -0.191. The Bertz CT molecular complexity index is 1940. The SMILES string of the molecule is C.CC(COC(=O)OC(C)(C)C)OC(=O)OC(C)COC(=O)OC(C)(C)C.CC(COC(=O)OC(C)(C)C)OC(=O)OCC(C)OC(=O)OC(C)(C)C.CC(COC(=O)OCC(C)OC(=O)OC(C)(C)C)OC(=O)OC(C)(C)C.CC1CO1.O=C=O. The number of ether oxygens (including phenoxy) is 19. The molecule has 0 aromatic carbocycles. The maximum Gasteiger partial charge on any atom is 0.509 e. The molecule has 0 N–H and O–H groups in total. The molecule has 30 heteroatoms. The molecular weight excluding hydrogens is 1150 g/mol. The van der Waals surface area contributed by atoms with Gasteiger partial charge in [-0.15, -0.1) is 0 Å². The minimum atomic E-state index is -0.982. The molecule has 30 nitrogen and oxygen atoms in total. The summed E-state index contributed by atoms with van der Waals surface area (Å²) in [4.78, 5) is 119. The molecule has 0 amide bonds. The van der Waals surface area contributed by atoms with E-state index in [1.54, 1.807) is 125 Å². The molecule has 1 fully saturated rings. The van der Waals surface area contributed by atoms with Gasteiger partial charge in [0.05, 0.1) is 12.7 Å². The Labute approximate surface area is 506 Å². The van der Waals surface area contributed by atoms with E-state index in [1.165, 1.54) is 41.5 Å². The van der Waals surface area contributed by atoms with Crippen molar-refractivity contribution >= 4 is 61.5 Å². The quantitative estimate of drug-likeness (QED) is 0.0698. The predicted octanol–water partition coefficient (Wildman–Crippen LogP) is 11.9. The highest BCUT2D eigenvalue weighted by atomic mass is 16.8. The highest BCUT2D eigenvalue weighted by Gasteiger charge is 2.26. The Kier molecular flexibility index (Phi) is 43.3. The maximum absolute atomic E-state index is 11.6. The van der Waals surface area contributed by atoms with E-state index >= 15 is 0 Å². The van der Waals surface area contributed by atoms with Gasteiger partial charge in [0.15, 0.2) is 0 Å². The van der Waals surface area contributed by atoms with Crippen LogP contribution in [0, 0.1) is 0 Å². The first kappa shape index (κ1) is 87.5. The van der Waals surface area contributed by atoms with E-state index in [0.29, 0.717) is 6.10 Å². The zero-order valence-electron chi connectivity index (χ0n) is 54.2. The Morgan fingerprint density at radius 2 is 0.465 bits per heavy atom. The zero-order valence-corrected chi connectivity index (χ0v) is 54.2. The van der Waals surface area contributed by atoms with Crippen molar-refractivity contribution in [2.75, 3.05) is 46.2 Å². The van der Waals surface area contributed by atoms with E-state index in [9.17, 15) is 43.2 Å². The van der Waals surface area contributed by atoms with Crippen LogP contribution in [-0.4, -0.2) is 184 Å². The van der Waals surface area contributed by atoms with Crippen LogP contribution >= 0.6 is 0 Å². The third kappa shape index (κ3) is 69.3. The second-order valence-corrected chi connectivity index (χ2v) is 24.2. The Balaban J connectivity index is -0.000000357. The van der Waals surface area contributed by atoms with Crippen molar-refractivity contribution in [3.63, 3.8) is 0 Å². The van der Waals surface area contributed by atoms with E-state index in [2.05, 4.69) is 6.92 Å². The third-order valence-electron chi connectivity index (χ3n) is 7.24. The molecule has 0 radical (unpaired) electrons. The number of hydrogen-bond acceptors (Lipinski definition) is 30. The molecule has 0 aliphatic carbocycles. The highest BCUT2D eigenvalue weighted by molar-refractivity contribution is 5.64. The van der Waals surface area contributed by atoms with Crippen molar-refractivity contribution in [3.8, 4) is 0 Å². The molecule has 1 aliphatic rings. The Morgan fingerprint density at radius 1 is 0.326 bits per heavy atom. The van der Waals surface area contributed by atoms with Crippen molar-refractivity contribution in [1.82, 2.24) is 0 Å². The van der Waals surface area contributed by atoms with Crippen molar-refractivity contribution in [3.05, 3.63) is 0 Å². The van der Waals surface area contributed by atoms with Crippen molar-refractivity contribution < 1.29 is 143 Å². The largest absolute Gasteiger partial charge is 0.509 e. The molecule has 0 bridgehead atoms. The standard InChI is InChI=1S/3C17H30O9.C3H6O.CO2.CH4/c1-11(10-22-14(19)25-16(3,4)5)23-13(18)21-9-12(2)24-15(20)26-17(6,7)8;1-11(9-21-13(18)25-16(3,4)5)23-15(20)24-12(2)10-22-14(19)26-17(6,7)8;1-11(23-14(19)25-16(3,4)5)9-21-13(18)22-10-12(2)24-15(20)26-17(6,7)8;1-3-2-4-3;2-1-3;/h3*11-12H,9-10H2,1-8H3;3H,2H2,1H3;;1H4. The lowest BCUT2D eigenvalue weighted by Gasteiger charge is -2.21. The first-order valence-corrected chi connectivity index (χ1v) is 26.7. The van der Waals surface area contributed by atoms with Crippen molar-refractivity contribution in [2.45, 2.75) is 257 Å². The van der Waals surface area contributed by atoms with Crippen molar-refractivity contribution in [2.24, 2.45) is 0 Å². The van der Waals surface area contributed by atoms with Gasteiger partial charge in [0.25, 0.3) is 0 Å². The summed E-state index contributed by atoms with van der Waals surface area (Å²) < 4.78 is 92.9. The summed E-state index contributed by atoms with van der Waals surface area (Å²) in [6, 6.07) is 0. The third-order valence-corrected chi connectivity index (χ3v) is 7.24. The van der Waals surface area contributed by atoms with Gasteiger partial charge in [0.2, 0.25) is 0 Å². The minimum Gasteiger partial charge on any atom is -0.430 e. The fourth-order valence-corrected chi connectivity index (χ4v) is 4.16. The van der Waals surface area contributed by atoms with Crippen LogP contribution in [0.5, 0.6) is 0 Å². The molecule has 1 aliphatic heterocycles.